The average Bonchev–Trinajstić information content (AvgIpc) is 3.64. The average molecular weight is 531 g/mol. The molecule has 10 heteroatoms. The number of ether oxygens (including phenoxy) is 3. The molecule has 204 valence electrons. The van der Waals surface area contributed by atoms with Crippen LogP contribution in [0.1, 0.15) is 74.5 Å². The number of aromatic amines is 1. The first kappa shape index (κ1) is 25.4. The first-order chi connectivity index (χ1) is 19.1. The lowest BCUT2D eigenvalue weighted by Crippen LogP contribution is -2.33. The van der Waals surface area contributed by atoms with E-state index in [1.54, 1.807) is 7.11 Å². The number of nitrogens with zero attached hydrogens (tertiary/aromatic N) is 5. The van der Waals surface area contributed by atoms with E-state index in [-0.39, 0.29) is 18.4 Å². The summed E-state index contributed by atoms with van der Waals surface area (Å²) in [6.45, 7) is 3.40. The Balaban J connectivity index is 1.37. The van der Waals surface area contributed by atoms with Crippen LogP contribution >= 0.6 is 0 Å². The van der Waals surface area contributed by atoms with Crippen LogP contribution in [0.25, 0.3) is 10.9 Å². The molecule has 4 aromatic rings. The van der Waals surface area contributed by atoms with Crippen LogP contribution in [0.15, 0.2) is 47.3 Å². The molecule has 1 unspecified atom stereocenters. The highest BCUT2D eigenvalue weighted by atomic mass is 16.7. The minimum absolute atomic E-state index is 0.0849. The number of hydrogen-bond donors (Lipinski definition) is 1. The highest BCUT2D eigenvalue weighted by Gasteiger charge is 2.29. The smallest absolute Gasteiger partial charge is 0.252 e. The van der Waals surface area contributed by atoms with Crippen LogP contribution in [0, 0.1) is 0 Å². The maximum Gasteiger partial charge on any atom is 0.252 e. The van der Waals surface area contributed by atoms with Crippen molar-refractivity contribution in [3.8, 4) is 17.2 Å². The van der Waals surface area contributed by atoms with Gasteiger partial charge in [-0.3, -0.25) is 9.69 Å². The van der Waals surface area contributed by atoms with E-state index in [0.717, 1.165) is 53.1 Å². The first-order valence-electron chi connectivity index (χ1n) is 13.7. The van der Waals surface area contributed by atoms with Crippen LogP contribution in [0.2, 0.25) is 0 Å². The van der Waals surface area contributed by atoms with E-state index in [9.17, 15) is 4.79 Å². The van der Waals surface area contributed by atoms with Crippen molar-refractivity contribution in [1.82, 2.24) is 30.1 Å². The summed E-state index contributed by atoms with van der Waals surface area (Å²) >= 11 is 0. The van der Waals surface area contributed by atoms with Gasteiger partial charge in [-0.05, 0) is 71.0 Å². The van der Waals surface area contributed by atoms with E-state index < -0.39 is 0 Å². The Labute approximate surface area is 226 Å². The van der Waals surface area contributed by atoms with Crippen molar-refractivity contribution in [2.75, 3.05) is 13.9 Å². The normalized spacial score (nSPS) is 16.2. The Bertz CT molecular complexity index is 1510. The van der Waals surface area contributed by atoms with Gasteiger partial charge < -0.3 is 19.2 Å². The van der Waals surface area contributed by atoms with Gasteiger partial charge in [0.1, 0.15) is 5.75 Å². The van der Waals surface area contributed by atoms with Gasteiger partial charge in [0.15, 0.2) is 17.3 Å². The van der Waals surface area contributed by atoms with E-state index in [4.69, 9.17) is 14.2 Å². The summed E-state index contributed by atoms with van der Waals surface area (Å²) in [4.78, 5) is 18.6. The predicted octanol–water partition coefficient (Wildman–Crippen LogP) is 4.91. The summed E-state index contributed by atoms with van der Waals surface area (Å²) in [5.74, 6) is 3.05. The van der Waals surface area contributed by atoms with Gasteiger partial charge in [0.25, 0.3) is 5.56 Å². The largest absolute Gasteiger partial charge is 0.497 e. The van der Waals surface area contributed by atoms with E-state index in [0.29, 0.717) is 30.4 Å². The van der Waals surface area contributed by atoms with Gasteiger partial charge in [-0.1, -0.05) is 32.3 Å². The molecule has 3 heterocycles. The third kappa shape index (κ3) is 5.21. The lowest BCUT2D eigenvalue weighted by molar-refractivity contribution is 0.155. The van der Waals surface area contributed by atoms with Crippen LogP contribution in [0.4, 0.5) is 0 Å². The lowest BCUT2D eigenvalue weighted by atomic mass is 9.95. The molecule has 1 aliphatic carbocycles. The molecule has 10 nitrogen and oxygen atoms in total. The number of rotatable bonds is 9. The quantitative estimate of drug-likeness (QED) is 0.325. The summed E-state index contributed by atoms with van der Waals surface area (Å²) in [6.07, 6.45) is 6.62. The molecule has 0 spiro atoms. The molecular formula is C29H34N6O4. The summed E-state index contributed by atoms with van der Waals surface area (Å²) in [7, 11) is 1.62. The fourth-order valence-electron chi connectivity index (χ4n) is 5.85. The second kappa shape index (κ2) is 11.1. The Hall–Kier alpha value is -3.92. The molecule has 1 aliphatic heterocycles. The topological polar surface area (TPSA) is 107 Å². The Morgan fingerprint density at radius 3 is 2.74 bits per heavy atom. The number of benzene rings is 2. The van der Waals surface area contributed by atoms with Crippen molar-refractivity contribution in [2.24, 2.45) is 0 Å². The van der Waals surface area contributed by atoms with Crippen molar-refractivity contribution in [1.29, 1.82) is 0 Å². The maximum absolute atomic E-state index is 13.3. The zero-order valence-corrected chi connectivity index (χ0v) is 22.4. The number of tetrazole rings is 1. The molecule has 1 saturated carbocycles. The zero-order valence-electron chi connectivity index (χ0n) is 22.4. The number of H-pyrrole nitrogens is 1. The van der Waals surface area contributed by atoms with Gasteiger partial charge in [0.2, 0.25) is 6.79 Å². The van der Waals surface area contributed by atoms with Crippen molar-refractivity contribution in [3.05, 3.63) is 69.8 Å². The van der Waals surface area contributed by atoms with Gasteiger partial charge in [-0.15, -0.1) is 5.10 Å². The van der Waals surface area contributed by atoms with Crippen molar-refractivity contribution >= 4 is 10.9 Å². The van der Waals surface area contributed by atoms with E-state index >= 15 is 0 Å². The minimum atomic E-state index is -0.117. The Morgan fingerprint density at radius 2 is 1.92 bits per heavy atom. The molecule has 39 heavy (non-hydrogen) atoms. The standard InChI is InChI=1S/C29H34N6O4/c1-3-25(28-31-32-33-35(28)22-7-5-4-6-8-22)34(16-19-9-12-26-27(13-19)39-18-38-26)17-21-14-20-10-11-23(37-2)15-24(20)30-29(21)36/h9-15,22,25H,3-8,16-18H2,1-2H3,(H,30,36). The van der Waals surface area contributed by atoms with Gasteiger partial charge in [0, 0.05) is 24.7 Å². The van der Waals surface area contributed by atoms with E-state index in [1.807, 2.05) is 47.1 Å². The van der Waals surface area contributed by atoms with Crippen LogP contribution < -0.4 is 19.8 Å². The molecule has 0 bridgehead atoms. The molecule has 0 saturated heterocycles. The summed E-state index contributed by atoms with van der Waals surface area (Å²) in [5.41, 5.74) is 2.38. The molecule has 2 aromatic heterocycles. The zero-order chi connectivity index (χ0) is 26.8. The van der Waals surface area contributed by atoms with Crippen molar-refractivity contribution < 1.29 is 14.2 Å². The number of fused-ring (bicyclic) bond motifs is 2. The monoisotopic (exact) mass is 530 g/mol. The molecule has 0 radical (unpaired) electrons. The molecule has 1 fully saturated rings. The third-order valence-electron chi connectivity index (χ3n) is 7.89. The lowest BCUT2D eigenvalue weighted by Gasteiger charge is -2.32. The Kier molecular flexibility index (Phi) is 7.19. The van der Waals surface area contributed by atoms with E-state index in [1.165, 1.54) is 19.3 Å². The molecule has 2 aromatic carbocycles. The van der Waals surface area contributed by atoms with Crippen LogP contribution in [-0.2, 0) is 13.1 Å². The highest BCUT2D eigenvalue weighted by molar-refractivity contribution is 5.80. The van der Waals surface area contributed by atoms with Crippen LogP contribution in [-0.4, -0.2) is 44.0 Å². The van der Waals surface area contributed by atoms with Crippen molar-refractivity contribution in [3.63, 3.8) is 0 Å². The molecule has 2 aliphatic rings. The molecule has 0 amide bonds. The second-order valence-electron chi connectivity index (χ2n) is 10.4. The number of nitrogens with one attached hydrogen (secondary N) is 1. The van der Waals surface area contributed by atoms with Gasteiger partial charge >= 0.3 is 0 Å². The molecular weight excluding hydrogens is 496 g/mol. The molecule has 1 N–H and O–H groups in total. The Morgan fingerprint density at radius 1 is 1.08 bits per heavy atom. The van der Waals surface area contributed by atoms with Crippen molar-refractivity contribution in [2.45, 2.75) is 70.6 Å². The first-order valence-corrected chi connectivity index (χ1v) is 13.7. The predicted molar refractivity (Wildman–Crippen MR) is 146 cm³/mol. The van der Waals surface area contributed by atoms with E-state index in [2.05, 4.69) is 32.3 Å². The second-order valence-corrected chi connectivity index (χ2v) is 10.4. The van der Waals surface area contributed by atoms with Crippen LogP contribution in [0.5, 0.6) is 17.2 Å². The van der Waals surface area contributed by atoms with Crippen LogP contribution in [0.3, 0.4) is 0 Å². The fraction of sp³-hybridized carbons (Fsp3) is 0.448. The van der Waals surface area contributed by atoms with Gasteiger partial charge in [-0.2, -0.15) is 0 Å². The molecule has 1 atom stereocenters. The summed E-state index contributed by atoms with van der Waals surface area (Å²) in [5, 5.41) is 14.0. The number of aromatic nitrogens is 5. The maximum atomic E-state index is 13.3. The highest BCUT2D eigenvalue weighted by Crippen LogP contribution is 2.36. The molecule has 6 rings (SSSR count). The number of methoxy groups -OCH3 is 1. The summed E-state index contributed by atoms with van der Waals surface area (Å²) in [6, 6.07) is 13.9. The number of hydrogen-bond acceptors (Lipinski definition) is 8. The SMILES string of the molecule is CCC(c1nnnn1C1CCCCC1)N(Cc1ccc2c(c1)OCO2)Cc1cc2ccc(OC)cc2[nH]c1=O. The number of pyridine rings is 1. The van der Waals surface area contributed by atoms with Gasteiger partial charge in [0.05, 0.1) is 24.7 Å². The third-order valence-corrected chi connectivity index (χ3v) is 7.89. The van der Waals surface area contributed by atoms with Gasteiger partial charge in [-0.25, -0.2) is 4.68 Å². The minimum Gasteiger partial charge on any atom is -0.497 e. The summed E-state index contributed by atoms with van der Waals surface area (Å²) < 4.78 is 18.5. The fourth-order valence-corrected chi connectivity index (χ4v) is 5.85.